The van der Waals surface area contributed by atoms with Crippen molar-refractivity contribution in [2.24, 2.45) is 0 Å². The number of benzene rings is 3. The zero-order chi connectivity index (χ0) is 27.6. The van der Waals surface area contributed by atoms with E-state index in [0.717, 1.165) is 28.6 Å². The minimum absolute atomic E-state index is 0.195. The molecular formula is C30H29F2N7O. The lowest BCUT2D eigenvalue weighted by molar-refractivity contribution is 0.200. The monoisotopic (exact) mass is 541 g/mol. The lowest BCUT2D eigenvalue weighted by Crippen LogP contribution is -2.49. The number of aromatic amines is 1. The smallest absolute Gasteiger partial charge is 0.253 e. The first kappa shape index (κ1) is 25.8. The first-order valence-corrected chi connectivity index (χ1v) is 13.4. The minimum Gasteiger partial charge on any atom is -0.369 e. The molecule has 3 heterocycles. The Bertz CT molecular complexity index is 1670. The fourth-order valence-electron chi connectivity index (χ4n) is 5.37. The van der Waals surface area contributed by atoms with Crippen molar-refractivity contribution in [2.45, 2.75) is 25.9 Å². The predicted octanol–water partition coefficient (Wildman–Crippen LogP) is 4.32. The zero-order valence-electron chi connectivity index (χ0n) is 22.1. The molecule has 1 aliphatic heterocycles. The summed E-state index contributed by atoms with van der Waals surface area (Å²) in [6, 6.07) is 20.2. The Balaban J connectivity index is 1.38. The van der Waals surface area contributed by atoms with Gasteiger partial charge in [-0.1, -0.05) is 25.1 Å². The summed E-state index contributed by atoms with van der Waals surface area (Å²) in [5.74, 6) is -0.0417. The Morgan fingerprint density at radius 2 is 1.55 bits per heavy atom. The van der Waals surface area contributed by atoms with Gasteiger partial charge in [0.25, 0.3) is 5.56 Å². The molecule has 1 fully saturated rings. The summed E-state index contributed by atoms with van der Waals surface area (Å²) in [4.78, 5) is 21.0. The maximum absolute atomic E-state index is 13.5. The molecule has 8 nitrogen and oxygen atoms in total. The minimum atomic E-state index is -0.510. The van der Waals surface area contributed by atoms with Crippen molar-refractivity contribution in [3.05, 3.63) is 117 Å². The Morgan fingerprint density at radius 3 is 2.25 bits per heavy atom. The number of anilines is 1. The van der Waals surface area contributed by atoms with Crippen LogP contribution in [0.1, 0.15) is 35.5 Å². The second kappa shape index (κ2) is 11.0. The predicted molar refractivity (Wildman–Crippen MR) is 149 cm³/mol. The van der Waals surface area contributed by atoms with E-state index >= 15 is 0 Å². The Kier molecular flexibility index (Phi) is 7.08. The molecule has 0 amide bonds. The molecule has 3 aromatic carbocycles. The Morgan fingerprint density at radius 1 is 0.875 bits per heavy atom. The van der Waals surface area contributed by atoms with Crippen molar-refractivity contribution in [1.82, 2.24) is 30.1 Å². The number of pyridine rings is 1. The van der Waals surface area contributed by atoms with Crippen molar-refractivity contribution >= 4 is 16.6 Å². The van der Waals surface area contributed by atoms with Crippen LogP contribution >= 0.6 is 0 Å². The van der Waals surface area contributed by atoms with Crippen LogP contribution in [0.5, 0.6) is 0 Å². The van der Waals surface area contributed by atoms with E-state index in [1.54, 1.807) is 28.9 Å². The number of halogens is 2. The van der Waals surface area contributed by atoms with Gasteiger partial charge in [-0.2, -0.15) is 0 Å². The van der Waals surface area contributed by atoms with Gasteiger partial charge in [-0.3, -0.25) is 9.69 Å². The highest BCUT2D eigenvalue weighted by molar-refractivity contribution is 5.80. The lowest BCUT2D eigenvalue weighted by Gasteiger charge is -2.39. The molecule has 0 aliphatic carbocycles. The van der Waals surface area contributed by atoms with Gasteiger partial charge in [0.05, 0.1) is 6.54 Å². The molecule has 1 aliphatic rings. The fraction of sp³-hybridized carbons (Fsp3) is 0.267. The fourth-order valence-corrected chi connectivity index (χ4v) is 5.37. The highest BCUT2D eigenvalue weighted by Gasteiger charge is 2.33. The van der Waals surface area contributed by atoms with Crippen LogP contribution in [-0.2, 0) is 13.0 Å². The van der Waals surface area contributed by atoms with E-state index in [2.05, 4.69) is 43.3 Å². The van der Waals surface area contributed by atoms with Crippen LogP contribution in [0.4, 0.5) is 14.5 Å². The van der Waals surface area contributed by atoms with E-state index in [1.807, 2.05) is 18.2 Å². The van der Waals surface area contributed by atoms with Gasteiger partial charge < -0.3 is 9.88 Å². The molecule has 1 atom stereocenters. The van der Waals surface area contributed by atoms with Gasteiger partial charge in [-0.05, 0) is 88.0 Å². The van der Waals surface area contributed by atoms with Crippen LogP contribution in [0.3, 0.4) is 0 Å². The van der Waals surface area contributed by atoms with Crippen LogP contribution < -0.4 is 10.5 Å². The summed E-state index contributed by atoms with van der Waals surface area (Å²) in [5, 5.41) is 13.6. The van der Waals surface area contributed by atoms with E-state index in [9.17, 15) is 13.6 Å². The molecule has 0 saturated carbocycles. The average Bonchev–Trinajstić information content (AvgIpc) is 3.42. The zero-order valence-corrected chi connectivity index (χ0v) is 22.1. The maximum Gasteiger partial charge on any atom is 0.253 e. The summed E-state index contributed by atoms with van der Waals surface area (Å²) < 4.78 is 28.7. The highest BCUT2D eigenvalue weighted by atomic mass is 19.1. The quantitative estimate of drug-likeness (QED) is 0.331. The van der Waals surface area contributed by atoms with E-state index in [-0.39, 0.29) is 17.2 Å². The number of aromatic nitrogens is 5. The van der Waals surface area contributed by atoms with Gasteiger partial charge in [0.15, 0.2) is 5.82 Å². The second-order valence-corrected chi connectivity index (χ2v) is 10.1. The molecule has 6 rings (SSSR count). The van der Waals surface area contributed by atoms with E-state index < -0.39 is 6.04 Å². The molecule has 5 aromatic rings. The molecule has 0 bridgehead atoms. The Labute approximate surface area is 229 Å². The van der Waals surface area contributed by atoms with Crippen molar-refractivity contribution in [3.63, 3.8) is 0 Å². The molecule has 204 valence electrons. The van der Waals surface area contributed by atoms with Gasteiger partial charge >= 0.3 is 0 Å². The third-order valence-corrected chi connectivity index (χ3v) is 7.56. The normalized spacial score (nSPS) is 15.0. The van der Waals surface area contributed by atoms with Crippen molar-refractivity contribution in [1.29, 1.82) is 0 Å². The van der Waals surface area contributed by atoms with Crippen LogP contribution in [0, 0.1) is 11.6 Å². The molecule has 40 heavy (non-hydrogen) atoms. The van der Waals surface area contributed by atoms with E-state index in [0.29, 0.717) is 44.1 Å². The van der Waals surface area contributed by atoms with E-state index in [1.165, 1.54) is 29.8 Å². The summed E-state index contributed by atoms with van der Waals surface area (Å²) in [7, 11) is 0. The van der Waals surface area contributed by atoms with Crippen LogP contribution in [-0.4, -0.2) is 56.3 Å². The third-order valence-electron chi connectivity index (χ3n) is 7.56. The van der Waals surface area contributed by atoms with Crippen LogP contribution in [0.2, 0.25) is 0 Å². The summed E-state index contributed by atoms with van der Waals surface area (Å²) >= 11 is 0. The summed E-state index contributed by atoms with van der Waals surface area (Å²) in [6.07, 6.45) is 0.884. The number of nitrogens with zero attached hydrogens (tertiary/aromatic N) is 6. The second-order valence-electron chi connectivity index (χ2n) is 10.1. The number of hydrogen-bond donors (Lipinski definition) is 1. The standard InChI is InChI=1S/C30H29F2N7O/c1-2-20-5-12-27-22(17-20)18-26(30(40)33-27)28(29-34-35-36-39(29)19-21-3-6-23(31)7-4-21)38-15-13-37(14-16-38)25-10-8-24(32)9-11-25/h3-12,17-18,28H,2,13-16,19H2,1H3,(H,33,40)/t28-/m1/s1. The van der Waals surface area contributed by atoms with Gasteiger partial charge in [-0.25, -0.2) is 13.5 Å². The number of piperazine rings is 1. The van der Waals surface area contributed by atoms with Gasteiger partial charge in [-0.15, -0.1) is 5.10 Å². The van der Waals surface area contributed by atoms with E-state index in [4.69, 9.17) is 0 Å². The number of H-pyrrole nitrogens is 1. The van der Waals surface area contributed by atoms with Gasteiger partial charge in [0.2, 0.25) is 0 Å². The largest absolute Gasteiger partial charge is 0.369 e. The molecule has 0 unspecified atom stereocenters. The number of tetrazole rings is 1. The van der Waals surface area contributed by atoms with Crippen molar-refractivity contribution < 1.29 is 8.78 Å². The number of fused-ring (bicyclic) bond motifs is 1. The average molecular weight is 542 g/mol. The summed E-state index contributed by atoms with van der Waals surface area (Å²) in [5.41, 5.74) is 4.11. The molecule has 2 aromatic heterocycles. The molecule has 0 radical (unpaired) electrons. The van der Waals surface area contributed by atoms with Gasteiger partial charge in [0, 0.05) is 42.9 Å². The summed E-state index contributed by atoms with van der Waals surface area (Å²) in [6.45, 7) is 5.08. The number of aryl methyl sites for hydroxylation is 1. The third kappa shape index (κ3) is 5.22. The molecule has 1 saturated heterocycles. The highest BCUT2D eigenvalue weighted by Crippen LogP contribution is 2.29. The van der Waals surface area contributed by atoms with Crippen LogP contribution in [0.25, 0.3) is 10.9 Å². The number of hydrogen-bond acceptors (Lipinski definition) is 6. The van der Waals surface area contributed by atoms with Gasteiger partial charge in [0.1, 0.15) is 17.7 Å². The first-order chi connectivity index (χ1) is 19.5. The van der Waals surface area contributed by atoms with Crippen molar-refractivity contribution in [3.8, 4) is 0 Å². The topological polar surface area (TPSA) is 82.9 Å². The maximum atomic E-state index is 13.5. The van der Waals surface area contributed by atoms with Crippen molar-refractivity contribution in [2.75, 3.05) is 31.1 Å². The SMILES string of the molecule is CCc1ccc2[nH]c(=O)c([C@H](c3nnnn3Cc3ccc(F)cc3)N3CCN(c4ccc(F)cc4)CC3)cc2c1. The molecular weight excluding hydrogens is 512 g/mol. The molecule has 0 spiro atoms. The first-order valence-electron chi connectivity index (χ1n) is 13.4. The number of nitrogens with one attached hydrogen (secondary N) is 1. The molecule has 1 N–H and O–H groups in total. The number of rotatable bonds is 7. The van der Waals surface area contributed by atoms with Crippen LogP contribution in [0.15, 0.2) is 77.6 Å². The lowest BCUT2D eigenvalue weighted by atomic mass is 10.0. The molecule has 10 heteroatoms. The Hall–Kier alpha value is -4.44.